The summed E-state index contributed by atoms with van der Waals surface area (Å²) in [6, 6.07) is 9.82. The number of hydrogen-bond donors (Lipinski definition) is 2. The highest BCUT2D eigenvalue weighted by Crippen LogP contribution is 2.33. The lowest BCUT2D eigenvalue weighted by atomic mass is 10.1. The highest BCUT2D eigenvalue weighted by atomic mass is 35.5. The average Bonchev–Trinajstić information content (AvgIpc) is 3.05. The van der Waals surface area contributed by atoms with Crippen LogP contribution in [0.4, 0.5) is 11.6 Å². The Morgan fingerprint density at radius 3 is 2.65 bits per heavy atom. The molecule has 1 aromatic carbocycles. The van der Waals surface area contributed by atoms with Gasteiger partial charge in [-0.3, -0.25) is 4.79 Å². The van der Waals surface area contributed by atoms with Gasteiger partial charge in [0.1, 0.15) is 17.9 Å². The standard InChI is InChI=1S/C15H10Cl2N4O2/c16-8-1-3-11(17)10(7-8)9-2-4-13(19-14(9)18)20-15(22)12-5-6-23-21-12/h1-7H,(H3,18,19,20,22). The number of halogens is 2. The molecule has 8 heteroatoms. The highest BCUT2D eigenvalue weighted by molar-refractivity contribution is 6.35. The number of aromatic nitrogens is 2. The van der Waals surface area contributed by atoms with Gasteiger partial charge in [0.2, 0.25) is 0 Å². The van der Waals surface area contributed by atoms with Crippen LogP contribution >= 0.6 is 23.2 Å². The number of carbonyl (C=O) groups excluding carboxylic acids is 1. The van der Waals surface area contributed by atoms with Crippen molar-refractivity contribution in [3.8, 4) is 11.1 Å². The normalized spacial score (nSPS) is 10.5. The number of nitrogens with two attached hydrogens (primary N) is 1. The van der Waals surface area contributed by atoms with Crippen LogP contribution in [0.15, 0.2) is 47.2 Å². The molecule has 3 N–H and O–H groups in total. The zero-order valence-electron chi connectivity index (χ0n) is 11.6. The number of benzene rings is 1. The fraction of sp³-hybridized carbons (Fsp3) is 0. The molecule has 0 saturated heterocycles. The second-order valence-corrected chi connectivity index (χ2v) is 5.44. The van der Waals surface area contributed by atoms with Gasteiger partial charge < -0.3 is 15.6 Å². The second kappa shape index (κ2) is 6.28. The Balaban J connectivity index is 1.89. The maximum atomic E-state index is 11.9. The van der Waals surface area contributed by atoms with Crippen LogP contribution in [-0.2, 0) is 0 Å². The van der Waals surface area contributed by atoms with Gasteiger partial charge in [-0.1, -0.05) is 28.4 Å². The molecule has 6 nitrogen and oxygen atoms in total. The number of carbonyl (C=O) groups is 1. The second-order valence-electron chi connectivity index (χ2n) is 4.59. The van der Waals surface area contributed by atoms with E-state index in [1.54, 1.807) is 30.3 Å². The summed E-state index contributed by atoms with van der Waals surface area (Å²) >= 11 is 12.1. The lowest BCUT2D eigenvalue weighted by Crippen LogP contribution is -2.13. The minimum absolute atomic E-state index is 0.146. The Labute approximate surface area is 141 Å². The molecule has 116 valence electrons. The summed E-state index contributed by atoms with van der Waals surface area (Å²) in [4.78, 5) is 16.0. The van der Waals surface area contributed by atoms with E-state index in [0.717, 1.165) is 0 Å². The molecular formula is C15H10Cl2N4O2. The molecule has 0 saturated carbocycles. The fourth-order valence-corrected chi connectivity index (χ4v) is 2.38. The molecular weight excluding hydrogens is 339 g/mol. The Kier molecular flexibility index (Phi) is 4.18. The molecule has 0 aliphatic heterocycles. The smallest absolute Gasteiger partial charge is 0.278 e. The van der Waals surface area contributed by atoms with Gasteiger partial charge in [0.15, 0.2) is 5.69 Å². The molecule has 0 bridgehead atoms. The van der Waals surface area contributed by atoms with Crippen molar-refractivity contribution in [3.63, 3.8) is 0 Å². The third-order valence-electron chi connectivity index (χ3n) is 3.06. The van der Waals surface area contributed by atoms with Gasteiger partial charge in [-0.05, 0) is 30.3 Å². The highest BCUT2D eigenvalue weighted by Gasteiger charge is 2.13. The molecule has 0 fully saturated rings. The first-order valence-corrected chi connectivity index (χ1v) is 7.24. The van der Waals surface area contributed by atoms with Gasteiger partial charge in [-0.15, -0.1) is 0 Å². The summed E-state index contributed by atoms with van der Waals surface area (Å²) < 4.78 is 4.62. The van der Waals surface area contributed by atoms with E-state index in [2.05, 4.69) is 20.0 Å². The topological polar surface area (TPSA) is 94.0 Å². The van der Waals surface area contributed by atoms with Gasteiger partial charge >= 0.3 is 0 Å². The number of nitrogen functional groups attached to an aromatic ring is 1. The van der Waals surface area contributed by atoms with Gasteiger partial charge in [0, 0.05) is 27.2 Å². The number of amides is 1. The third-order valence-corrected chi connectivity index (χ3v) is 3.62. The first kappa shape index (κ1) is 15.3. The minimum Gasteiger partial charge on any atom is -0.383 e. The van der Waals surface area contributed by atoms with E-state index in [0.29, 0.717) is 21.2 Å². The van der Waals surface area contributed by atoms with Crippen molar-refractivity contribution in [3.05, 3.63) is 58.4 Å². The van der Waals surface area contributed by atoms with E-state index in [1.165, 1.54) is 12.3 Å². The lowest BCUT2D eigenvalue weighted by molar-refractivity contribution is 0.101. The number of rotatable bonds is 3. The van der Waals surface area contributed by atoms with Gasteiger partial charge in [-0.25, -0.2) is 4.98 Å². The SMILES string of the molecule is Nc1nc(NC(=O)c2ccon2)ccc1-c1cc(Cl)ccc1Cl. The van der Waals surface area contributed by atoms with E-state index >= 15 is 0 Å². The number of hydrogen-bond acceptors (Lipinski definition) is 5. The van der Waals surface area contributed by atoms with Crippen LogP contribution in [0.25, 0.3) is 11.1 Å². The van der Waals surface area contributed by atoms with Crippen LogP contribution in [0, 0.1) is 0 Å². The van der Waals surface area contributed by atoms with E-state index in [-0.39, 0.29) is 17.3 Å². The van der Waals surface area contributed by atoms with Crippen molar-refractivity contribution >= 4 is 40.7 Å². The lowest BCUT2D eigenvalue weighted by Gasteiger charge is -2.10. The zero-order valence-corrected chi connectivity index (χ0v) is 13.1. The van der Waals surface area contributed by atoms with Crippen LogP contribution in [0.2, 0.25) is 10.0 Å². The van der Waals surface area contributed by atoms with E-state index < -0.39 is 5.91 Å². The maximum absolute atomic E-state index is 11.9. The quantitative estimate of drug-likeness (QED) is 0.748. The number of anilines is 2. The molecule has 0 atom stereocenters. The summed E-state index contributed by atoms with van der Waals surface area (Å²) in [5.74, 6) is 0.0590. The summed E-state index contributed by atoms with van der Waals surface area (Å²) in [6.07, 6.45) is 1.31. The van der Waals surface area contributed by atoms with Crippen molar-refractivity contribution in [1.29, 1.82) is 0 Å². The van der Waals surface area contributed by atoms with Crippen LogP contribution in [-0.4, -0.2) is 16.0 Å². The van der Waals surface area contributed by atoms with E-state index in [9.17, 15) is 4.79 Å². The molecule has 3 rings (SSSR count). The molecule has 0 aliphatic carbocycles. The molecule has 0 unspecified atom stereocenters. The van der Waals surface area contributed by atoms with Crippen LogP contribution < -0.4 is 11.1 Å². The van der Waals surface area contributed by atoms with Crippen molar-refractivity contribution in [2.24, 2.45) is 0 Å². The predicted octanol–water partition coefficient (Wildman–Crippen LogP) is 3.88. The van der Waals surface area contributed by atoms with E-state index in [1.807, 2.05) is 0 Å². The van der Waals surface area contributed by atoms with Crippen molar-refractivity contribution in [2.45, 2.75) is 0 Å². The Morgan fingerprint density at radius 1 is 1.13 bits per heavy atom. The molecule has 2 aromatic heterocycles. The van der Waals surface area contributed by atoms with Crippen molar-refractivity contribution in [1.82, 2.24) is 10.1 Å². The summed E-state index contributed by atoms with van der Waals surface area (Å²) in [7, 11) is 0. The minimum atomic E-state index is -0.445. The molecule has 0 spiro atoms. The Hall–Kier alpha value is -2.57. The maximum Gasteiger partial charge on any atom is 0.278 e. The largest absolute Gasteiger partial charge is 0.383 e. The molecule has 1 amide bonds. The number of nitrogens with one attached hydrogen (secondary N) is 1. The van der Waals surface area contributed by atoms with Gasteiger partial charge in [0.25, 0.3) is 5.91 Å². The molecule has 0 aliphatic rings. The zero-order chi connectivity index (χ0) is 16.4. The molecule has 0 radical (unpaired) electrons. The molecule has 23 heavy (non-hydrogen) atoms. The van der Waals surface area contributed by atoms with Gasteiger partial charge in [-0.2, -0.15) is 0 Å². The van der Waals surface area contributed by atoms with Crippen molar-refractivity contribution in [2.75, 3.05) is 11.1 Å². The molecule has 3 aromatic rings. The monoisotopic (exact) mass is 348 g/mol. The summed E-state index contributed by atoms with van der Waals surface area (Å²) in [5.41, 5.74) is 7.40. The predicted molar refractivity (Wildman–Crippen MR) is 88.6 cm³/mol. The first-order valence-electron chi connectivity index (χ1n) is 6.48. The van der Waals surface area contributed by atoms with Crippen LogP contribution in [0.5, 0.6) is 0 Å². The van der Waals surface area contributed by atoms with Crippen LogP contribution in [0.3, 0.4) is 0 Å². The Morgan fingerprint density at radius 2 is 1.96 bits per heavy atom. The molecule has 2 heterocycles. The van der Waals surface area contributed by atoms with Crippen molar-refractivity contribution < 1.29 is 9.32 Å². The average molecular weight is 349 g/mol. The summed E-state index contributed by atoms with van der Waals surface area (Å²) in [6.45, 7) is 0. The fourth-order valence-electron chi connectivity index (χ4n) is 1.99. The number of nitrogens with zero attached hydrogens (tertiary/aromatic N) is 2. The van der Waals surface area contributed by atoms with Gasteiger partial charge in [0.05, 0.1) is 0 Å². The Bertz CT molecular complexity index is 866. The van der Waals surface area contributed by atoms with Crippen LogP contribution in [0.1, 0.15) is 10.5 Å². The first-order chi connectivity index (χ1) is 11.0. The van der Waals surface area contributed by atoms with E-state index in [4.69, 9.17) is 28.9 Å². The summed E-state index contributed by atoms with van der Waals surface area (Å²) in [5, 5.41) is 7.16. The third kappa shape index (κ3) is 3.28. The number of pyridine rings is 1.